The zero-order chi connectivity index (χ0) is 8.72. The van der Waals surface area contributed by atoms with Crippen molar-refractivity contribution in [2.45, 2.75) is 11.2 Å². The normalized spacial score (nSPS) is 21.1. The van der Waals surface area contributed by atoms with Crippen LogP contribution in [-0.2, 0) is 0 Å². The minimum absolute atomic E-state index is 0.0760. The van der Waals surface area contributed by atoms with E-state index in [1.165, 1.54) is 0 Å². The third kappa shape index (κ3) is 1.05. The zero-order valence-corrected chi connectivity index (χ0v) is 7.84. The SMILES string of the molecule is O=C1CC(Br)c2cc(O)ccc21. The molecule has 12 heavy (non-hydrogen) atoms. The topological polar surface area (TPSA) is 37.3 Å². The molecule has 0 saturated carbocycles. The first-order valence-electron chi connectivity index (χ1n) is 3.68. The van der Waals surface area contributed by atoms with Crippen LogP contribution in [-0.4, -0.2) is 10.9 Å². The number of fused-ring (bicyclic) bond motifs is 1. The maximum atomic E-state index is 11.3. The van der Waals surface area contributed by atoms with Crippen LogP contribution in [0.2, 0.25) is 0 Å². The molecule has 1 atom stereocenters. The summed E-state index contributed by atoms with van der Waals surface area (Å²) in [6.07, 6.45) is 0.499. The van der Waals surface area contributed by atoms with Crippen LogP contribution >= 0.6 is 15.9 Å². The molecule has 0 heterocycles. The first-order valence-corrected chi connectivity index (χ1v) is 4.60. The molecule has 1 aliphatic carbocycles. The van der Waals surface area contributed by atoms with Gasteiger partial charge in [0, 0.05) is 16.8 Å². The van der Waals surface area contributed by atoms with Gasteiger partial charge < -0.3 is 5.11 Å². The Morgan fingerprint density at radius 1 is 1.50 bits per heavy atom. The number of benzene rings is 1. The Kier molecular flexibility index (Phi) is 1.68. The highest BCUT2D eigenvalue weighted by Crippen LogP contribution is 2.38. The van der Waals surface area contributed by atoms with E-state index in [4.69, 9.17) is 5.11 Å². The molecular weight excluding hydrogens is 220 g/mol. The Bertz CT molecular complexity index is 346. The summed E-state index contributed by atoms with van der Waals surface area (Å²) >= 11 is 3.38. The van der Waals surface area contributed by atoms with Crippen LogP contribution in [0.5, 0.6) is 5.75 Å². The Hall–Kier alpha value is -0.830. The van der Waals surface area contributed by atoms with E-state index < -0.39 is 0 Å². The van der Waals surface area contributed by atoms with Crippen molar-refractivity contribution in [3.05, 3.63) is 29.3 Å². The summed E-state index contributed by atoms with van der Waals surface area (Å²) in [5, 5.41) is 9.17. The van der Waals surface area contributed by atoms with E-state index >= 15 is 0 Å². The molecule has 0 fully saturated rings. The molecule has 1 aliphatic rings. The van der Waals surface area contributed by atoms with Crippen LogP contribution in [0, 0.1) is 0 Å². The summed E-state index contributed by atoms with van der Waals surface area (Å²) in [5.74, 6) is 0.361. The van der Waals surface area contributed by atoms with Gasteiger partial charge in [-0.25, -0.2) is 0 Å². The Labute approximate surface area is 78.3 Å². The molecule has 0 saturated heterocycles. The van der Waals surface area contributed by atoms with Crippen LogP contribution in [0.15, 0.2) is 18.2 Å². The van der Waals surface area contributed by atoms with Gasteiger partial charge in [-0.1, -0.05) is 15.9 Å². The van der Waals surface area contributed by atoms with Crippen LogP contribution < -0.4 is 0 Å². The number of hydrogen-bond acceptors (Lipinski definition) is 2. The lowest BCUT2D eigenvalue weighted by Crippen LogP contribution is -1.89. The van der Waals surface area contributed by atoms with Crippen LogP contribution in [0.4, 0.5) is 0 Å². The second kappa shape index (κ2) is 2.59. The number of phenols is 1. The van der Waals surface area contributed by atoms with E-state index in [1.54, 1.807) is 18.2 Å². The molecule has 0 spiro atoms. The third-order valence-corrected chi connectivity index (χ3v) is 2.85. The molecule has 1 N–H and O–H groups in total. The quantitative estimate of drug-likeness (QED) is 0.691. The second-order valence-corrected chi connectivity index (χ2v) is 3.97. The minimum atomic E-state index is 0.0760. The molecule has 0 aliphatic heterocycles. The van der Waals surface area contributed by atoms with E-state index in [1.807, 2.05) is 0 Å². The van der Waals surface area contributed by atoms with Crippen LogP contribution in [0.25, 0.3) is 0 Å². The smallest absolute Gasteiger partial charge is 0.164 e. The van der Waals surface area contributed by atoms with Crippen molar-refractivity contribution in [3.8, 4) is 5.75 Å². The van der Waals surface area contributed by atoms with Crippen molar-refractivity contribution in [3.63, 3.8) is 0 Å². The standard InChI is InChI=1S/C9H7BrO2/c10-8-4-9(12)6-2-1-5(11)3-7(6)8/h1-3,8,11H,4H2. The van der Waals surface area contributed by atoms with E-state index in [0.717, 1.165) is 11.1 Å². The van der Waals surface area contributed by atoms with Crippen LogP contribution in [0.3, 0.4) is 0 Å². The first kappa shape index (κ1) is 7.80. The van der Waals surface area contributed by atoms with Crippen molar-refractivity contribution in [1.82, 2.24) is 0 Å². The molecular formula is C9H7BrO2. The van der Waals surface area contributed by atoms with Gasteiger partial charge in [0.05, 0.1) is 0 Å². The van der Waals surface area contributed by atoms with Gasteiger partial charge in [-0.3, -0.25) is 4.79 Å². The van der Waals surface area contributed by atoms with Crippen LogP contribution in [0.1, 0.15) is 27.2 Å². The monoisotopic (exact) mass is 226 g/mol. The Balaban J connectivity index is 2.60. The molecule has 1 aromatic carbocycles. The first-order chi connectivity index (χ1) is 5.68. The molecule has 1 unspecified atom stereocenters. The highest BCUT2D eigenvalue weighted by molar-refractivity contribution is 9.09. The molecule has 0 bridgehead atoms. The largest absolute Gasteiger partial charge is 0.508 e. The van der Waals surface area contributed by atoms with Gasteiger partial charge in [0.1, 0.15) is 5.75 Å². The maximum absolute atomic E-state index is 11.3. The molecule has 2 rings (SSSR count). The number of hydrogen-bond donors (Lipinski definition) is 1. The molecule has 3 heteroatoms. The number of Topliss-reactive ketones (excluding diaryl/α,β-unsaturated/α-hetero) is 1. The number of ketones is 1. The number of rotatable bonds is 0. The number of alkyl halides is 1. The fourth-order valence-electron chi connectivity index (χ4n) is 1.45. The number of halogens is 1. The molecule has 1 aromatic rings. The van der Waals surface area contributed by atoms with Crippen molar-refractivity contribution < 1.29 is 9.90 Å². The summed E-state index contributed by atoms with van der Waals surface area (Å²) in [4.78, 5) is 11.4. The van der Waals surface area contributed by atoms with Gasteiger partial charge in [0.2, 0.25) is 0 Å². The van der Waals surface area contributed by atoms with Crippen molar-refractivity contribution >= 4 is 21.7 Å². The average Bonchev–Trinajstić information content (AvgIpc) is 2.28. The van der Waals surface area contributed by atoms with Crippen molar-refractivity contribution in [1.29, 1.82) is 0 Å². The van der Waals surface area contributed by atoms with E-state index in [9.17, 15) is 4.79 Å². The number of carbonyl (C=O) groups is 1. The van der Waals surface area contributed by atoms with Gasteiger partial charge in [0.15, 0.2) is 5.78 Å². The fourth-order valence-corrected chi connectivity index (χ4v) is 2.12. The molecule has 62 valence electrons. The van der Waals surface area contributed by atoms with E-state index in [2.05, 4.69) is 15.9 Å². The fraction of sp³-hybridized carbons (Fsp3) is 0.222. The minimum Gasteiger partial charge on any atom is -0.508 e. The lowest BCUT2D eigenvalue weighted by Gasteiger charge is -2.00. The Morgan fingerprint density at radius 2 is 2.25 bits per heavy atom. The lowest BCUT2D eigenvalue weighted by molar-refractivity contribution is 0.0994. The molecule has 0 radical (unpaired) electrons. The highest BCUT2D eigenvalue weighted by atomic mass is 79.9. The van der Waals surface area contributed by atoms with Gasteiger partial charge >= 0.3 is 0 Å². The van der Waals surface area contributed by atoms with Crippen molar-refractivity contribution in [2.75, 3.05) is 0 Å². The highest BCUT2D eigenvalue weighted by Gasteiger charge is 2.27. The average molecular weight is 227 g/mol. The second-order valence-electron chi connectivity index (χ2n) is 2.87. The maximum Gasteiger partial charge on any atom is 0.164 e. The summed E-state index contributed by atoms with van der Waals surface area (Å²) < 4.78 is 0. The molecule has 0 aromatic heterocycles. The molecule has 2 nitrogen and oxygen atoms in total. The van der Waals surface area contributed by atoms with E-state index in [0.29, 0.717) is 6.42 Å². The number of carbonyl (C=O) groups excluding carboxylic acids is 1. The lowest BCUT2D eigenvalue weighted by atomic mass is 10.1. The summed E-state index contributed by atoms with van der Waals surface area (Å²) in [5.41, 5.74) is 1.63. The molecule has 0 amide bonds. The summed E-state index contributed by atoms with van der Waals surface area (Å²) in [6.45, 7) is 0. The van der Waals surface area contributed by atoms with Gasteiger partial charge in [-0.15, -0.1) is 0 Å². The Morgan fingerprint density at radius 3 is 3.00 bits per heavy atom. The number of aromatic hydroxyl groups is 1. The van der Waals surface area contributed by atoms with Gasteiger partial charge in [-0.05, 0) is 23.8 Å². The van der Waals surface area contributed by atoms with Gasteiger partial charge in [0.25, 0.3) is 0 Å². The van der Waals surface area contributed by atoms with Crippen molar-refractivity contribution in [2.24, 2.45) is 0 Å². The predicted molar refractivity (Wildman–Crippen MR) is 48.7 cm³/mol. The summed E-state index contributed by atoms with van der Waals surface area (Å²) in [7, 11) is 0. The van der Waals surface area contributed by atoms with E-state index in [-0.39, 0.29) is 16.4 Å². The number of phenolic OH excluding ortho intramolecular Hbond substituents is 1. The van der Waals surface area contributed by atoms with Gasteiger partial charge in [-0.2, -0.15) is 0 Å². The summed E-state index contributed by atoms with van der Waals surface area (Å²) in [6, 6.07) is 4.86. The third-order valence-electron chi connectivity index (χ3n) is 2.04. The zero-order valence-electron chi connectivity index (χ0n) is 6.25. The predicted octanol–water partition coefficient (Wildman–Crippen LogP) is 2.41.